The van der Waals surface area contributed by atoms with Crippen molar-refractivity contribution in [1.82, 2.24) is 20.0 Å². The van der Waals surface area contributed by atoms with Gasteiger partial charge in [-0.05, 0) is 50.0 Å². The third-order valence-electron chi connectivity index (χ3n) is 4.53. The van der Waals surface area contributed by atoms with E-state index in [2.05, 4.69) is 10.4 Å². The van der Waals surface area contributed by atoms with Crippen LogP contribution in [0.15, 0.2) is 42.7 Å². The van der Waals surface area contributed by atoms with E-state index >= 15 is 0 Å². The zero-order valence-electron chi connectivity index (χ0n) is 13.6. The number of nitrogens with one attached hydrogen (secondary N) is 1. The average Bonchev–Trinajstić information content (AvgIpc) is 3.09. The van der Waals surface area contributed by atoms with E-state index in [-0.39, 0.29) is 5.91 Å². The molecule has 0 saturated carbocycles. The van der Waals surface area contributed by atoms with E-state index in [4.69, 9.17) is 0 Å². The molecule has 1 aliphatic rings. The maximum absolute atomic E-state index is 12.4. The van der Waals surface area contributed by atoms with Crippen LogP contribution in [-0.4, -0.2) is 46.8 Å². The van der Waals surface area contributed by atoms with Crippen LogP contribution in [0, 0.1) is 0 Å². The van der Waals surface area contributed by atoms with Crippen molar-refractivity contribution in [1.29, 1.82) is 0 Å². The summed E-state index contributed by atoms with van der Waals surface area (Å²) >= 11 is 0. The van der Waals surface area contributed by atoms with E-state index in [0.29, 0.717) is 12.5 Å². The molecule has 1 aromatic heterocycles. The molecule has 5 heteroatoms. The van der Waals surface area contributed by atoms with Crippen molar-refractivity contribution in [2.24, 2.45) is 0 Å². The first-order valence-corrected chi connectivity index (χ1v) is 8.29. The summed E-state index contributed by atoms with van der Waals surface area (Å²) in [7, 11) is 1.94. The van der Waals surface area contributed by atoms with E-state index in [1.165, 1.54) is 0 Å². The lowest BCUT2D eigenvalue weighted by Gasteiger charge is -2.31. The topological polar surface area (TPSA) is 50.2 Å². The number of carbonyl (C=O) groups is 1. The monoisotopic (exact) mass is 312 g/mol. The molecule has 3 rings (SSSR count). The third-order valence-corrected chi connectivity index (χ3v) is 4.53. The summed E-state index contributed by atoms with van der Waals surface area (Å²) in [5.74, 6) is 0.226. The standard InChI is InChI=1S/C18H24N4O/c1-21(16-9-11-19-12-10-16)18(23)8-7-15-13-20-22(14-15)17-5-3-2-4-6-17/h2-6,13-14,16,19H,7-12H2,1H3. The molecule has 2 heterocycles. The fraction of sp³-hybridized carbons (Fsp3) is 0.444. The summed E-state index contributed by atoms with van der Waals surface area (Å²) in [6.07, 6.45) is 7.24. The highest BCUT2D eigenvalue weighted by molar-refractivity contribution is 5.76. The number of aryl methyl sites for hydroxylation is 1. The Morgan fingerprint density at radius 3 is 2.78 bits per heavy atom. The minimum Gasteiger partial charge on any atom is -0.343 e. The second-order valence-electron chi connectivity index (χ2n) is 6.11. The molecule has 0 bridgehead atoms. The van der Waals surface area contributed by atoms with Crippen LogP contribution in [0.1, 0.15) is 24.8 Å². The number of piperidine rings is 1. The zero-order valence-corrected chi connectivity index (χ0v) is 13.6. The Morgan fingerprint density at radius 2 is 2.04 bits per heavy atom. The van der Waals surface area contributed by atoms with Crippen LogP contribution in [-0.2, 0) is 11.2 Å². The first kappa shape index (κ1) is 15.7. The molecule has 0 atom stereocenters. The lowest BCUT2D eigenvalue weighted by atomic mass is 10.0. The van der Waals surface area contributed by atoms with Crippen molar-refractivity contribution in [2.45, 2.75) is 31.7 Å². The van der Waals surface area contributed by atoms with Gasteiger partial charge in [0.1, 0.15) is 0 Å². The van der Waals surface area contributed by atoms with Crippen molar-refractivity contribution in [3.63, 3.8) is 0 Å². The van der Waals surface area contributed by atoms with Crippen LogP contribution >= 0.6 is 0 Å². The molecule has 1 N–H and O–H groups in total. The van der Waals surface area contributed by atoms with E-state index in [0.717, 1.165) is 43.6 Å². The van der Waals surface area contributed by atoms with E-state index < -0.39 is 0 Å². The Bertz CT molecular complexity index is 631. The van der Waals surface area contributed by atoms with Crippen molar-refractivity contribution in [3.05, 3.63) is 48.3 Å². The predicted molar refractivity (Wildman–Crippen MR) is 90.5 cm³/mol. The molecule has 2 aromatic rings. The van der Waals surface area contributed by atoms with Crippen LogP contribution < -0.4 is 5.32 Å². The summed E-state index contributed by atoms with van der Waals surface area (Å²) in [5, 5.41) is 7.72. The van der Waals surface area contributed by atoms with Crippen molar-refractivity contribution in [2.75, 3.05) is 20.1 Å². The molecule has 0 spiro atoms. The number of carbonyl (C=O) groups excluding carboxylic acids is 1. The zero-order chi connectivity index (χ0) is 16.1. The van der Waals surface area contributed by atoms with Gasteiger partial charge in [0, 0.05) is 25.7 Å². The molecule has 5 nitrogen and oxygen atoms in total. The van der Waals surface area contributed by atoms with Crippen LogP contribution in [0.3, 0.4) is 0 Å². The molecule has 1 amide bonds. The average molecular weight is 312 g/mol. The summed E-state index contributed by atoms with van der Waals surface area (Å²) in [5.41, 5.74) is 2.14. The van der Waals surface area contributed by atoms with Gasteiger partial charge in [-0.2, -0.15) is 5.10 Å². The fourth-order valence-corrected chi connectivity index (χ4v) is 3.04. The summed E-state index contributed by atoms with van der Waals surface area (Å²) < 4.78 is 1.86. The van der Waals surface area contributed by atoms with Gasteiger partial charge in [0.25, 0.3) is 0 Å². The molecule has 23 heavy (non-hydrogen) atoms. The molecule has 0 radical (unpaired) electrons. The summed E-state index contributed by atoms with van der Waals surface area (Å²) in [6, 6.07) is 10.4. The smallest absolute Gasteiger partial charge is 0.222 e. The quantitative estimate of drug-likeness (QED) is 0.919. The van der Waals surface area contributed by atoms with Gasteiger partial charge in [-0.3, -0.25) is 4.79 Å². The molecular weight excluding hydrogens is 288 g/mol. The van der Waals surface area contributed by atoms with Crippen LogP contribution in [0.25, 0.3) is 5.69 Å². The van der Waals surface area contributed by atoms with E-state index in [9.17, 15) is 4.79 Å². The van der Waals surface area contributed by atoms with Gasteiger partial charge in [0.05, 0.1) is 11.9 Å². The van der Waals surface area contributed by atoms with Gasteiger partial charge in [-0.1, -0.05) is 18.2 Å². The number of aromatic nitrogens is 2. The van der Waals surface area contributed by atoms with Gasteiger partial charge in [0.15, 0.2) is 0 Å². The van der Waals surface area contributed by atoms with Crippen molar-refractivity contribution in [3.8, 4) is 5.69 Å². The Hall–Kier alpha value is -2.14. The maximum atomic E-state index is 12.4. The van der Waals surface area contributed by atoms with Gasteiger partial charge in [0.2, 0.25) is 5.91 Å². The number of hydrogen-bond acceptors (Lipinski definition) is 3. The normalized spacial score (nSPS) is 15.5. The van der Waals surface area contributed by atoms with E-state index in [1.807, 2.05) is 59.4 Å². The number of benzene rings is 1. The number of rotatable bonds is 5. The van der Waals surface area contributed by atoms with Gasteiger partial charge in [-0.25, -0.2) is 4.68 Å². The number of nitrogens with zero attached hydrogens (tertiary/aromatic N) is 3. The highest BCUT2D eigenvalue weighted by Gasteiger charge is 2.21. The Balaban J connectivity index is 1.54. The van der Waals surface area contributed by atoms with Crippen LogP contribution in [0.5, 0.6) is 0 Å². The van der Waals surface area contributed by atoms with Gasteiger partial charge < -0.3 is 10.2 Å². The molecule has 1 aromatic carbocycles. The summed E-state index contributed by atoms with van der Waals surface area (Å²) in [4.78, 5) is 14.3. The molecule has 1 saturated heterocycles. The Kier molecular flexibility index (Phi) is 5.08. The molecule has 1 fully saturated rings. The third kappa shape index (κ3) is 3.99. The lowest BCUT2D eigenvalue weighted by Crippen LogP contribution is -2.44. The highest BCUT2D eigenvalue weighted by Crippen LogP contribution is 2.13. The Morgan fingerprint density at radius 1 is 1.30 bits per heavy atom. The highest BCUT2D eigenvalue weighted by atomic mass is 16.2. The molecule has 1 aliphatic heterocycles. The largest absolute Gasteiger partial charge is 0.343 e. The lowest BCUT2D eigenvalue weighted by molar-refractivity contribution is -0.132. The van der Waals surface area contributed by atoms with Crippen LogP contribution in [0.2, 0.25) is 0 Å². The second-order valence-corrected chi connectivity index (χ2v) is 6.11. The Labute approximate surface area is 137 Å². The maximum Gasteiger partial charge on any atom is 0.222 e. The van der Waals surface area contributed by atoms with Gasteiger partial charge in [-0.15, -0.1) is 0 Å². The number of hydrogen-bond donors (Lipinski definition) is 1. The predicted octanol–water partition coefficient (Wildman–Crippen LogP) is 2.02. The van der Waals surface area contributed by atoms with Crippen molar-refractivity contribution >= 4 is 5.91 Å². The van der Waals surface area contributed by atoms with Crippen LogP contribution in [0.4, 0.5) is 0 Å². The first-order chi connectivity index (χ1) is 11.2. The van der Waals surface area contributed by atoms with Gasteiger partial charge >= 0.3 is 0 Å². The molecule has 0 aliphatic carbocycles. The van der Waals surface area contributed by atoms with Crippen molar-refractivity contribution < 1.29 is 4.79 Å². The SMILES string of the molecule is CN(C(=O)CCc1cnn(-c2ccccc2)c1)C1CCNCC1. The number of para-hydroxylation sites is 1. The molecule has 0 unspecified atom stereocenters. The summed E-state index contributed by atoms with van der Waals surface area (Å²) in [6.45, 7) is 2.01. The minimum absolute atomic E-state index is 0.226. The second kappa shape index (κ2) is 7.42. The van der Waals surface area contributed by atoms with E-state index in [1.54, 1.807) is 0 Å². The fourth-order valence-electron chi connectivity index (χ4n) is 3.04. The first-order valence-electron chi connectivity index (χ1n) is 8.29. The molecule has 122 valence electrons. The molecular formula is C18H24N4O. The minimum atomic E-state index is 0.226. The number of amides is 1.